The fraction of sp³-hybridized carbons (Fsp3) is 0.938. The smallest absolute Gasteiger partial charge is 0.122 e. The van der Waals surface area contributed by atoms with Gasteiger partial charge in [0.25, 0.3) is 0 Å². The molecule has 1 N–H and O–H groups in total. The van der Waals surface area contributed by atoms with Gasteiger partial charge in [0.05, 0.1) is 6.07 Å². The number of nitrogens with zero attached hydrogens (tertiary/aromatic N) is 2. The highest BCUT2D eigenvalue weighted by atomic mass is 15.2. The van der Waals surface area contributed by atoms with Gasteiger partial charge in [-0.3, -0.25) is 5.32 Å². The van der Waals surface area contributed by atoms with Gasteiger partial charge < -0.3 is 4.90 Å². The second-order valence-electron chi connectivity index (χ2n) is 6.73. The molecule has 0 amide bonds. The maximum atomic E-state index is 9.68. The first-order valence-electron chi connectivity index (χ1n) is 7.97. The molecule has 0 aromatic heterocycles. The number of nitriles is 1. The van der Waals surface area contributed by atoms with Crippen molar-refractivity contribution < 1.29 is 0 Å². The van der Waals surface area contributed by atoms with Gasteiger partial charge in [0, 0.05) is 12.6 Å². The monoisotopic (exact) mass is 263 g/mol. The molecule has 3 atom stereocenters. The van der Waals surface area contributed by atoms with Gasteiger partial charge in [-0.2, -0.15) is 5.26 Å². The number of hydrogen-bond acceptors (Lipinski definition) is 3. The molecule has 2 aliphatic carbocycles. The minimum atomic E-state index is -0.301. The number of likely N-dealkylation sites (N-methyl/N-ethyl adjacent to an activating group) is 2. The molecule has 3 unspecified atom stereocenters. The molecule has 0 aromatic rings. The highest BCUT2D eigenvalue weighted by Gasteiger charge is 2.46. The number of hydrogen-bond donors (Lipinski definition) is 1. The average molecular weight is 263 g/mol. The molecule has 2 fully saturated rings. The van der Waals surface area contributed by atoms with Crippen LogP contribution in [0.15, 0.2) is 0 Å². The van der Waals surface area contributed by atoms with Crippen LogP contribution in [0.4, 0.5) is 0 Å². The van der Waals surface area contributed by atoms with E-state index in [-0.39, 0.29) is 5.54 Å². The van der Waals surface area contributed by atoms with Gasteiger partial charge in [-0.05, 0) is 51.1 Å². The van der Waals surface area contributed by atoms with E-state index in [1.807, 2.05) is 0 Å². The van der Waals surface area contributed by atoms with E-state index in [2.05, 4.69) is 37.2 Å². The Morgan fingerprint density at radius 2 is 2.05 bits per heavy atom. The van der Waals surface area contributed by atoms with Crippen molar-refractivity contribution in [1.29, 1.82) is 5.26 Å². The van der Waals surface area contributed by atoms with Crippen LogP contribution in [0.5, 0.6) is 0 Å². The Kier molecular flexibility index (Phi) is 4.86. The standard InChI is InChI=1S/C16H29N3/c1-4-18-16(11-17,14-8-9-14)12-19(3)15-7-5-6-13(2)10-15/h13-15,18H,4-10,12H2,1-3H3. The Hall–Kier alpha value is -0.590. The van der Waals surface area contributed by atoms with Crippen LogP contribution in [-0.2, 0) is 0 Å². The van der Waals surface area contributed by atoms with Crippen LogP contribution in [0.25, 0.3) is 0 Å². The lowest BCUT2D eigenvalue weighted by atomic mass is 9.85. The molecule has 3 heteroatoms. The third-order valence-corrected chi connectivity index (χ3v) is 5.00. The normalized spacial score (nSPS) is 30.9. The molecule has 0 radical (unpaired) electrons. The summed E-state index contributed by atoms with van der Waals surface area (Å²) in [5.74, 6) is 1.42. The van der Waals surface area contributed by atoms with Gasteiger partial charge in [0.1, 0.15) is 5.54 Å². The molecule has 108 valence electrons. The largest absolute Gasteiger partial charge is 0.300 e. The fourth-order valence-electron chi connectivity index (χ4n) is 3.71. The maximum absolute atomic E-state index is 9.68. The Balaban J connectivity index is 1.98. The Labute approximate surface area is 118 Å². The van der Waals surface area contributed by atoms with Crippen LogP contribution in [0.2, 0.25) is 0 Å². The first-order chi connectivity index (χ1) is 9.11. The predicted molar refractivity (Wildman–Crippen MR) is 78.8 cm³/mol. The van der Waals surface area contributed by atoms with Crippen LogP contribution >= 0.6 is 0 Å². The summed E-state index contributed by atoms with van der Waals surface area (Å²) >= 11 is 0. The molecule has 0 heterocycles. The van der Waals surface area contributed by atoms with E-state index in [4.69, 9.17) is 0 Å². The van der Waals surface area contributed by atoms with Gasteiger partial charge in [-0.1, -0.05) is 26.7 Å². The summed E-state index contributed by atoms with van der Waals surface area (Å²) in [7, 11) is 2.22. The summed E-state index contributed by atoms with van der Waals surface area (Å²) in [4.78, 5) is 2.46. The molecule has 2 saturated carbocycles. The highest BCUT2D eigenvalue weighted by Crippen LogP contribution is 2.40. The van der Waals surface area contributed by atoms with E-state index >= 15 is 0 Å². The summed E-state index contributed by atoms with van der Waals surface area (Å²) in [5, 5.41) is 13.2. The molecule has 0 aliphatic heterocycles. The molecule has 0 aromatic carbocycles. The predicted octanol–water partition coefficient (Wildman–Crippen LogP) is 2.78. The third-order valence-electron chi connectivity index (χ3n) is 5.00. The molecule has 0 saturated heterocycles. The van der Waals surface area contributed by atoms with E-state index in [1.165, 1.54) is 38.5 Å². The second-order valence-corrected chi connectivity index (χ2v) is 6.73. The summed E-state index contributed by atoms with van der Waals surface area (Å²) in [6.45, 7) is 6.25. The van der Waals surface area contributed by atoms with Crippen molar-refractivity contribution in [2.45, 2.75) is 64.0 Å². The van der Waals surface area contributed by atoms with Crippen LogP contribution in [0, 0.1) is 23.2 Å². The molecule has 0 bridgehead atoms. The van der Waals surface area contributed by atoms with Crippen LogP contribution in [-0.4, -0.2) is 36.6 Å². The van der Waals surface area contributed by atoms with Crippen LogP contribution in [0.1, 0.15) is 52.4 Å². The zero-order chi connectivity index (χ0) is 13.9. The average Bonchev–Trinajstić information content (AvgIpc) is 3.22. The van der Waals surface area contributed by atoms with E-state index in [9.17, 15) is 5.26 Å². The Morgan fingerprint density at radius 3 is 2.58 bits per heavy atom. The first kappa shape index (κ1) is 14.8. The Bertz CT molecular complexity index is 331. The topological polar surface area (TPSA) is 39.1 Å². The molecular weight excluding hydrogens is 234 g/mol. The quantitative estimate of drug-likeness (QED) is 0.801. The summed E-state index contributed by atoms with van der Waals surface area (Å²) < 4.78 is 0. The second kappa shape index (κ2) is 6.24. The SMILES string of the molecule is CCNC(C#N)(CN(C)C1CCCC(C)C1)C1CC1. The molecule has 3 nitrogen and oxygen atoms in total. The van der Waals surface area contributed by atoms with Crippen molar-refractivity contribution in [1.82, 2.24) is 10.2 Å². The number of nitrogens with one attached hydrogen (secondary N) is 1. The van der Waals surface area contributed by atoms with Crippen molar-refractivity contribution in [2.24, 2.45) is 11.8 Å². The zero-order valence-corrected chi connectivity index (χ0v) is 12.8. The van der Waals surface area contributed by atoms with Crippen molar-refractivity contribution in [3.05, 3.63) is 0 Å². The van der Waals surface area contributed by atoms with Gasteiger partial charge in [-0.25, -0.2) is 0 Å². The molecular formula is C16H29N3. The third kappa shape index (κ3) is 3.49. The van der Waals surface area contributed by atoms with E-state index < -0.39 is 0 Å². The first-order valence-corrected chi connectivity index (χ1v) is 7.97. The fourth-order valence-corrected chi connectivity index (χ4v) is 3.71. The lowest BCUT2D eigenvalue weighted by Crippen LogP contribution is -2.55. The lowest BCUT2D eigenvalue weighted by molar-refractivity contribution is 0.129. The molecule has 19 heavy (non-hydrogen) atoms. The molecule has 0 spiro atoms. The molecule has 2 rings (SSSR count). The Morgan fingerprint density at radius 1 is 1.32 bits per heavy atom. The van der Waals surface area contributed by atoms with Gasteiger partial charge >= 0.3 is 0 Å². The van der Waals surface area contributed by atoms with E-state index in [0.717, 1.165) is 19.0 Å². The zero-order valence-electron chi connectivity index (χ0n) is 12.8. The summed E-state index contributed by atoms with van der Waals surface area (Å²) in [5.41, 5.74) is -0.301. The maximum Gasteiger partial charge on any atom is 0.122 e. The van der Waals surface area contributed by atoms with Crippen LogP contribution < -0.4 is 5.32 Å². The van der Waals surface area contributed by atoms with Crippen molar-refractivity contribution in [3.63, 3.8) is 0 Å². The van der Waals surface area contributed by atoms with Gasteiger partial charge in [0.15, 0.2) is 0 Å². The van der Waals surface area contributed by atoms with Crippen molar-refractivity contribution in [2.75, 3.05) is 20.1 Å². The van der Waals surface area contributed by atoms with Crippen LogP contribution in [0.3, 0.4) is 0 Å². The lowest BCUT2D eigenvalue weighted by Gasteiger charge is -2.39. The summed E-state index contributed by atoms with van der Waals surface area (Å²) in [6, 6.07) is 3.28. The van der Waals surface area contributed by atoms with E-state index in [1.54, 1.807) is 0 Å². The summed E-state index contributed by atoms with van der Waals surface area (Å²) in [6.07, 6.45) is 7.77. The minimum absolute atomic E-state index is 0.301. The van der Waals surface area contributed by atoms with E-state index in [0.29, 0.717) is 12.0 Å². The molecule has 2 aliphatic rings. The van der Waals surface area contributed by atoms with Crippen molar-refractivity contribution >= 4 is 0 Å². The number of rotatable bonds is 6. The van der Waals surface area contributed by atoms with Gasteiger partial charge in [-0.15, -0.1) is 0 Å². The highest BCUT2D eigenvalue weighted by molar-refractivity contribution is 5.16. The minimum Gasteiger partial charge on any atom is -0.300 e. The van der Waals surface area contributed by atoms with Crippen molar-refractivity contribution in [3.8, 4) is 6.07 Å². The van der Waals surface area contributed by atoms with Gasteiger partial charge in [0.2, 0.25) is 0 Å².